The number of benzene rings is 2. The molecule has 2 fully saturated rings. The van der Waals surface area contributed by atoms with Crippen molar-refractivity contribution >= 4 is 21.6 Å². The molecule has 1 unspecified atom stereocenters. The molecule has 29 heavy (non-hydrogen) atoms. The van der Waals surface area contributed by atoms with E-state index in [1.54, 1.807) is 24.3 Å². The van der Waals surface area contributed by atoms with E-state index in [4.69, 9.17) is 0 Å². The maximum atomic E-state index is 13.0. The van der Waals surface area contributed by atoms with Crippen molar-refractivity contribution in [3.8, 4) is 0 Å². The van der Waals surface area contributed by atoms with Gasteiger partial charge in [0, 0.05) is 17.8 Å². The van der Waals surface area contributed by atoms with E-state index < -0.39 is 15.1 Å². The molecule has 3 atom stereocenters. The monoisotopic (exact) mass is 412 g/mol. The summed E-state index contributed by atoms with van der Waals surface area (Å²) in [7, 11) is -3.37. The minimum atomic E-state index is -3.37. The Morgan fingerprint density at radius 1 is 0.966 bits per heavy atom. The molecule has 2 aliphatic heterocycles. The number of urea groups is 1. The van der Waals surface area contributed by atoms with E-state index in [0.29, 0.717) is 23.7 Å². The molecular formula is C23H28N2O3S. The van der Waals surface area contributed by atoms with E-state index in [2.05, 4.69) is 19.2 Å². The first-order valence-electron chi connectivity index (χ1n) is 10.3. The molecule has 2 heterocycles. The van der Waals surface area contributed by atoms with Crippen molar-refractivity contribution in [2.45, 2.75) is 67.7 Å². The highest BCUT2D eigenvalue weighted by Crippen LogP contribution is 2.40. The van der Waals surface area contributed by atoms with Crippen molar-refractivity contribution in [2.24, 2.45) is 0 Å². The molecule has 154 valence electrons. The zero-order chi connectivity index (χ0) is 20.6. The van der Waals surface area contributed by atoms with Gasteiger partial charge in [0.25, 0.3) is 0 Å². The van der Waals surface area contributed by atoms with Gasteiger partial charge in [-0.1, -0.05) is 44.2 Å². The second-order valence-corrected chi connectivity index (χ2v) is 10.7. The summed E-state index contributed by atoms with van der Waals surface area (Å²) < 4.78 is 26.1. The Balaban J connectivity index is 1.46. The molecule has 2 aromatic carbocycles. The fraction of sp³-hybridized carbons (Fsp3) is 0.435. The first-order valence-corrected chi connectivity index (χ1v) is 11.9. The summed E-state index contributed by atoms with van der Waals surface area (Å²) in [6.45, 7) is 4.28. The van der Waals surface area contributed by atoms with E-state index in [0.717, 1.165) is 18.5 Å². The fourth-order valence-corrected chi connectivity index (χ4v) is 6.53. The Kier molecular flexibility index (Phi) is 5.38. The van der Waals surface area contributed by atoms with Crippen molar-refractivity contribution in [2.75, 3.05) is 5.32 Å². The standard InChI is InChI=1S/C23H28N2O3S/c1-16(2)17-8-10-18(11-9-17)24-23(26)25-19-12-13-20(25)15-22(14-19)29(27,28)21-6-4-3-5-7-21/h3-11,16,19-20,22H,12-15H2,1-2H3,(H,24,26)/t19-,20+,22?. The summed E-state index contributed by atoms with van der Waals surface area (Å²) in [6.07, 6.45) is 2.75. The van der Waals surface area contributed by atoms with E-state index in [9.17, 15) is 13.2 Å². The highest BCUT2D eigenvalue weighted by Gasteiger charge is 2.47. The number of hydrogen-bond acceptors (Lipinski definition) is 3. The van der Waals surface area contributed by atoms with Crippen LogP contribution in [0.3, 0.4) is 0 Å². The molecular weight excluding hydrogens is 384 g/mol. The lowest BCUT2D eigenvalue weighted by Crippen LogP contribution is -2.51. The van der Waals surface area contributed by atoms with Crippen molar-refractivity contribution < 1.29 is 13.2 Å². The first kappa shape index (κ1) is 20.0. The van der Waals surface area contributed by atoms with Crippen LogP contribution >= 0.6 is 0 Å². The molecule has 0 aromatic heterocycles. The third kappa shape index (κ3) is 3.90. The van der Waals surface area contributed by atoms with Gasteiger partial charge < -0.3 is 10.2 Å². The van der Waals surface area contributed by atoms with Crippen molar-refractivity contribution in [1.82, 2.24) is 4.90 Å². The molecule has 2 aromatic rings. The van der Waals surface area contributed by atoms with E-state index in [1.165, 1.54) is 5.56 Å². The highest BCUT2D eigenvalue weighted by molar-refractivity contribution is 7.92. The van der Waals surface area contributed by atoms with Crippen LogP contribution in [0, 0.1) is 0 Å². The summed E-state index contributed by atoms with van der Waals surface area (Å²) in [4.78, 5) is 15.2. The second kappa shape index (κ2) is 7.82. The fourth-order valence-electron chi connectivity index (χ4n) is 4.65. The average Bonchev–Trinajstić information content (AvgIpc) is 2.98. The molecule has 6 heteroatoms. The molecule has 2 saturated heterocycles. The highest BCUT2D eigenvalue weighted by atomic mass is 32.2. The smallest absolute Gasteiger partial charge is 0.318 e. The van der Waals surface area contributed by atoms with Gasteiger partial charge in [-0.25, -0.2) is 13.2 Å². The lowest BCUT2D eigenvalue weighted by atomic mass is 10.0. The quantitative estimate of drug-likeness (QED) is 0.783. The number of nitrogens with one attached hydrogen (secondary N) is 1. The summed E-state index contributed by atoms with van der Waals surface area (Å²) >= 11 is 0. The number of piperidine rings is 1. The first-order chi connectivity index (χ1) is 13.9. The minimum absolute atomic E-state index is 0.0211. The van der Waals surface area contributed by atoms with Crippen LogP contribution in [-0.4, -0.2) is 36.7 Å². The normalized spacial score (nSPS) is 24.0. The number of sulfone groups is 1. The Morgan fingerprint density at radius 2 is 1.55 bits per heavy atom. The SMILES string of the molecule is CC(C)c1ccc(NC(=O)N2[C@@H]3CC[C@H]2CC(S(=O)(=O)c2ccccc2)C3)cc1. The number of rotatable bonds is 4. The van der Waals surface area contributed by atoms with Crippen LogP contribution in [0.2, 0.25) is 0 Å². The third-order valence-electron chi connectivity index (χ3n) is 6.26. The lowest BCUT2D eigenvalue weighted by molar-refractivity contribution is 0.160. The van der Waals surface area contributed by atoms with Gasteiger partial charge in [-0.05, 0) is 61.4 Å². The maximum Gasteiger partial charge on any atom is 0.322 e. The molecule has 1 N–H and O–H groups in total. The van der Waals surface area contributed by atoms with Crippen LogP contribution in [0.5, 0.6) is 0 Å². The van der Waals surface area contributed by atoms with Crippen LogP contribution in [0.25, 0.3) is 0 Å². The predicted octanol–water partition coefficient (Wildman–Crippen LogP) is 4.81. The number of amides is 2. The summed E-state index contributed by atoms with van der Waals surface area (Å²) in [5.74, 6) is 0.446. The molecule has 0 radical (unpaired) electrons. The summed E-state index contributed by atoms with van der Waals surface area (Å²) in [5.41, 5.74) is 2.01. The van der Waals surface area contributed by atoms with Crippen molar-refractivity contribution in [1.29, 1.82) is 0 Å². The Morgan fingerprint density at radius 3 is 2.10 bits per heavy atom. The molecule has 2 bridgehead atoms. The van der Waals surface area contributed by atoms with Crippen molar-refractivity contribution in [3.05, 3.63) is 60.2 Å². The topological polar surface area (TPSA) is 66.5 Å². The number of carbonyl (C=O) groups is 1. The van der Waals surface area contributed by atoms with Crippen LogP contribution in [0.1, 0.15) is 51.0 Å². The van der Waals surface area contributed by atoms with Crippen molar-refractivity contribution in [3.63, 3.8) is 0 Å². The van der Waals surface area contributed by atoms with E-state index in [-0.39, 0.29) is 18.1 Å². The van der Waals surface area contributed by atoms with Gasteiger partial charge >= 0.3 is 6.03 Å². The van der Waals surface area contributed by atoms with E-state index in [1.807, 2.05) is 35.2 Å². The van der Waals surface area contributed by atoms with Gasteiger partial charge in [0.15, 0.2) is 9.84 Å². The second-order valence-electron chi connectivity index (χ2n) is 8.45. The predicted molar refractivity (Wildman–Crippen MR) is 115 cm³/mol. The zero-order valence-corrected chi connectivity index (χ0v) is 17.7. The Bertz CT molecular complexity index is 957. The number of fused-ring (bicyclic) bond motifs is 2. The Hall–Kier alpha value is -2.34. The molecule has 4 rings (SSSR count). The van der Waals surface area contributed by atoms with Gasteiger partial charge in [-0.15, -0.1) is 0 Å². The number of hydrogen-bond donors (Lipinski definition) is 1. The lowest BCUT2D eigenvalue weighted by Gasteiger charge is -2.38. The van der Waals surface area contributed by atoms with Gasteiger partial charge in [0.2, 0.25) is 0 Å². The van der Waals surface area contributed by atoms with Crippen LogP contribution in [-0.2, 0) is 9.84 Å². The number of anilines is 1. The van der Waals surface area contributed by atoms with Gasteiger partial charge in [0.05, 0.1) is 10.1 Å². The van der Waals surface area contributed by atoms with Crippen LogP contribution in [0.15, 0.2) is 59.5 Å². The van der Waals surface area contributed by atoms with E-state index >= 15 is 0 Å². The van der Waals surface area contributed by atoms with Crippen LogP contribution < -0.4 is 5.32 Å². The number of nitrogens with zero attached hydrogens (tertiary/aromatic N) is 1. The maximum absolute atomic E-state index is 13.0. The average molecular weight is 413 g/mol. The Labute approximate surface area is 173 Å². The molecule has 5 nitrogen and oxygen atoms in total. The van der Waals surface area contributed by atoms with Gasteiger partial charge in [0.1, 0.15) is 0 Å². The molecule has 2 amide bonds. The van der Waals surface area contributed by atoms with Gasteiger partial charge in [-0.2, -0.15) is 0 Å². The largest absolute Gasteiger partial charge is 0.322 e. The molecule has 0 spiro atoms. The number of carbonyl (C=O) groups excluding carboxylic acids is 1. The molecule has 2 aliphatic rings. The molecule has 0 aliphatic carbocycles. The zero-order valence-electron chi connectivity index (χ0n) is 16.9. The van der Waals surface area contributed by atoms with Gasteiger partial charge in [-0.3, -0.25) is 0 Å². The minimum Gasteiger partial charge on any atom is -0.318 e. The summed E-state index contributed by atoms with van der Waals surface area (Å²) in [6, 6.07) is 16.4. The molecule has 0 saturated carbocycles. The third-order valence-corrected chi connectivity index (χ3v) is 8.46. The summed E-state index contributed by atoms with van der Waals surface area (Å²) in [5, 5.41) is 2.58. The van der Waals surface area contributed by atoms with Crippen LogP contribution in [0.4, 0.5) is 10.5 Å².